The van der Waals surface area contributed by atoms with E-state index in [4.69, 9.17) is 5.73 Å². The lowest BCUT2D eigenvalue weighted by molar-refractivity contribution is 0.424. The third-order valence-electron chi connectivity index (χ3n) is 1.27. The summed E-state index contributed by atoms with van der Waals surface area (Å²) in [5, 5.41) is 0. The molecule has 1 atom stereocenters. The van der Waals surface area contributed by atoms with Gasteiger partial charge in [-0.15, -0.1) is 0 Å². The van der Waals surface area contributed by atoms with Crippen LogP contribution in [0.5, 0.6) is 0 Å². The van der Waals surface area contributed by atoms with Crippen LogP contribution in [0.2, 0.25) is 0 Å². The lowest BCUT2D eigenvalue weighted by Gasteiger charge is -1.98. The maximum Gasteiger partial charge on any atom is 0.395 e. The predicted molar refractivity (Wildman–Crippen MR) is 34.0 cm³/mol. The molecule has 0 radical (unpaired) electrons. The van der Waals surface area contributed by atoms with Crippen LogP contribution in [0.1, 0.15) is 12.8 Å². The van der Waals surface area contributed by atoms with Gasteiger partial charge in [-0.1, -0.05) is 0 Å². The van der Waals surface area contributed by atoms with E-state index in [1.54, 1.807) is 0 Å². The molecule has 0 saturated heterocycles. The van der Waals surface area contributed by atoms with E-state index in [0.717, 1.165) is 18.6 Å². The highest BCUT2D eigenvalue weighted by Gasteiger charge is 2.13. The summed E-state index contributed by atoms with van der Waals surface area (Å²) in [5.41, 5.74) is 5.52. The van der Waals surface area contributed by atoms with E-state index in [9.17, 15) is 4.57 Å². The third-order valence-corrected chi connectivity index (χ3v) is 1.58. The van der Waals surface area contributed by atoms with Crippen LogP contribution in [-0.4, -0.2) is 6.04 Å². The quantitative estimate of drug-likeness (QED) is 0.594. The summed E-state index contributed by atoms with van der Waals surface area (Å²) >= 11 is 0. The van der Waals surface area contributed by atoms with Crippen LogP contribution in [-0.2, 0) is 9.09 Å². The molecule has 0 aromatic heterocycles. The Kier molecular flexibility index (Phi) is 2.20. The Labute approximate surface area is 55.2 Å². The first-order valence-corrected chi connectivity index (χ1v) is 3.50. The summed E-state index contributed by atoms with van der Waals surface area (Å²) in [6.45, 7) is 0. The van der Waals surface area contributed by atoms with Gasteiger partial charge in [0.1, 0.15) is 5.76 Å². The molecule has 1 rings (SSSR count). The Balaban J connectivity index is 2.35. The highest BCUT2D eigenvalue weighted by atomic mass is 31.1. The lowest BCUT2D eigenvalue weighted by atomic mass is 10.3. The molecule has 50 valence electrons. The van der Waals surface area contributed by atoms with Gasteiger partial charge in [0.15, 0.2) is 0 Å². The molecule has 0 heterocycles. The van der Waals surface area contributed by atoms with Crippen molar-refractivity contribution in [2.24, 2.45) is 5.73 Å². The lowest BCUT2D eigenvalue weighted by Crippen LogP contribution is -2.14. The average molecular weight is 145 g/mol. The Bertz CT molecular complexity index is 146. The van der Waals surface area contributed by atoms with Crippen molar-refractivity contribution in [3.63, 3.8) is 0 Å². The Hall–Kier alpha value is -0.400. The summed E-state index contributed by atoms with van der Waals surface area (Å²) in [7, 11) is -0.283. The summed E-state index contributed by atoms with van der Waals surface area (Å²) in [6, 6.07) is 0.168. The maximum absolute atomic E-state index is 9.86. The molecular formula is C5H8NO2P. The topological polar surface area (TPSA) is 52.3 Å². The molecule has 0 bridgehead atoms. The molecule has 0 aliphatic heterocycles. The first-order chi connectivity index (χ1) is 4.33. The Morgan fingerprint density at radius 1 is 1.89 bits per heavy atom. The SMILES string of the molecule is NC1CC=C(OP=O)C1. The van der Waals surface area contributed by atoms with Crippen molar-refractivity contribution in [3.05, 3.63) is 11.8 Å². The van der Waals surface area contributed by atoms with Crippen molar-refractivity contribution in [2.75, 3.05) is 0 Å². The zero-order valence-electron chi connectivity index (χ0n) is 4.91. The van der Waals surface area contributed by atoms with Gasteiger partial charge in [-0.25, -0.2) is 4.57 Å². The van der Waals surface area contributed by atoms with E-state index in [1.165, 1.54) is 0 Å². The highest BCUT2D eigenvalue weighted by molar-refractivity contribution is 7.17. The number of nitrogens with two attached hydrogens (primary N) is 1. The van der Waals surface area contributed by atoms with Gasteiger partial charge in [0, 0.05) is 12.5 Å². The van der Waals surface area contributed by atoms with Crippen LogP contribution in [0.4, 0.5) is 0 Å². The molecular weight excluding hydrogens is 137 g/mol. The van der Waals surface area contributed by atoms with Crippen molar-refractivity contribution in [2.45, 2.75) is 18.9 Å². The summed E-state index contributed by atoms with van der Waals surface area (Å²) in [5.74, 6) is 0.749. The van der Waals surface area contributed by atoms with Crippen LogP contribution in [0.25, 0.3) is 0 Å². The zero-order chi connectivity index (χ0) is 6.69. The van der Waals surface area contributed by atoms with Crippen LogP contribution in [0, 0.1) is 0 Å². The molecule has 1 unspecified atom stereocenters. The molecule has 2 N–H and O–H groups in total. The summed E-state index contributed by atoms with van der Waals surface area (Å²) in [4.78, 5) is 0. The monoisotopic (exact) mass is 145 g/mol. The van der Waals surface area contributed by atoms with E-state index >= 15 is 0 Å². The summed E-state index contributed by atoms with van der Waals surface area (Å²) in [6.07, 6.45) is 3.43. The zero-order valence-corrected chi connectivity index (χ0v) is 5.80. The first-order valence-electron chi connectivity index (χ1n) is 2.77. The van der Waals surface area contributed by atoms with Gasteiger partial charge in [0.05, 0.1) is 0 Å². The normalized spacial score (nSPS) is 26.3. The van der Waals surface area contributed by atoms with Crippen molar-refractivity contribution in [1.82, 2.24) is 0 Å². The van der Waals surface area contributed by atoms with Crippen molar-refractivity contribution >= 4 is 8.69 Å². The maximum atomic E-state index is 9.86. The number of hydrogen-bond acceptors (Lipinski definition) is 3. The molecule has 3 nitrogen and oxygen atoms in total. The van der Waals surface area contributed by atoms with Crippen molar-refractivity contribution < 1.29 is 9.09 Å². The van der Waals surface area contributed by atoms with Crippen LogP contribution < -0.4 is 5.73 Å². The van der Waals surface area contributed by atoms with Gasteiger partial charge in [-0.05, 0) is 12.5 Å². The average Bonchev–Trinajstić information content (AvgIpc) is 2.17. The third kappa shape index (κ3) is 1.77. The number of rotatable bonds is 2. The predicted octanol–water partition coefficient (Wildman–Crippen LogP) is 1.21. The minimum Gasteiger partial charge on any atom is -0.412 e. The fourth-order valence-corrected chi connectivity index (χ4v) is 1.08. The second kappa shape index (κ2) is 2.95. The molecule has 4 heteroatoms. The Morgan fingerprint density at radius 3 is 3.11 bits per heavy atom. The van der Waals surface area contributed by atoms with Gasteiger partial charge in [0.25, 0.3) is 0 Å². The van der Waals surface area contributed by atoms with Gasteiger partial charge >= 0.3 is 8.69 Å². The van der Waals surface area contributed by atoms with E-state index in [0.29, 0.717) is 0 Å². The van der Waals surface area contributed by atoms with Crippen molar-refractivity contribution in [1.29, 1.82) is 0 Å². The summed E-state index contributed by atoms with van der Waals surface area (Å²) < 4.78 is 14.5. The molecule has 0 fully saturated rings. The molecule has 1 aliphatic rings. The fraction of sp³-hybridized carbons (Fsp3) is 0.600. The van der Waals surface area contributed by atoms with E-state index in [-0.39, 0.29) is 14.7 Å². The highest BCUT2D eigenvalue weighted by Crippen LogP contribution is 2.21. The molecule has 0 aromatic rings. The van der Waals surface area contributed by atoms with E-state index in [1.807, 2.05) is 6.08 Å². The minimum atomic E-state index is -0.283. The van der Waals surface area contributed by atoms with Crippen molar-refractivity contribution in [3.8, 4) is 0 Å². The minimum absolute atomic E-state index is 0.168. The largest absolute Gasteiger partial charge is 0.412 e. The fourth-order valence-electron chi connectivity index (χ4n) is 0.830. The van der Waals surface area contributed by atoms with Gasteiger partial charge in [0.2, 0.25) is 0 Å². The Morgan fingerprint density at radius 2 is 2.67 bits per heavy atom. The molecule has 1 aliphatic carbocycles. The molecule has 0 spiro atoms. The van der Waals surface area contributed by atoms with Crippen LogP contribution in [0.3, 0.4) is 0 Å². The number of hydrogen-bond donors (Lipinski definition) is 1. The first kappa shape index (κ1) is 6.72. The van der Waals surface area contributed by atoms with Gasteiger partial charge < -0.3 is 10.3 Å². The molecule has 9 heavy (non-hydrogen) atoms. The van der Waals surface area contributed by atoms with E-state index in [2.05, 4.69) is 4.52 Å². The van der Waals surface area contributed by atoms with Gasteiger partial charge in [-0.2, -0.15) is 0 Å². The second-order valence-corrected chi connectivity index (χ2v) is 2.37. The molecule has 0 aromatic carbocycles. The van der Waals surface area contributed by atoms with E-state index < -0.39 is 0 Å². The standard InChI is InChI=1S/C5H8NO2P/c6-4-1-2-5(3-4)8-9-7/h2,4H,1,3,6H2. The smallest absolute Gasteiger partial charge is 0.395 e. The molecule has 0 amide bonds. The van der Waals surface area contributed by atoms with Gasteiger partial charge in [-0.3, -0.25) is 0 Å². The van der Waals surface area contributed by atoms with Crippen LogP contribution >= 0.6 is 8.69 Å². The molecule has 0 saturated carbocycles. The second-order valence-electron chi connectivity index (χ2n) is 2.04. The van der Waals surface area contributed by atoms with Crippen LogP contribution in [0.15, 0.2) is 11.8 Å².